The molecule has 0 bridgehead atoms. The summed E-state index contributed by atoms with van der Waals surface area (Å²) in [5.41, 5.74) is 8.54. The van der Waals surface area contributed by atoms with Crippen LogP contribution in [-0.4, -0.2) is 30.8 Å². The zero-order chi connectivity index (χ0) is 22.2. The minimum absolute atomic E-state index is 0.0354. The third kappa shape index (κ3) is 3.55. The van der Waals surface area contributed by atoms with Crippen LogP contribution in [0.15, 0.2) is 52.1 Å². The van der Waals surface area contributed by atoms with Crippen LogP contribution in [0.25, 0.3) is 21.9 Å². The van der Waals surface area contributed by atoms with Crippen molar-refractivity contribution in [1.29, 1.82) is 0 Å². The summed E-state index contributed by atoms with van der Waals surface area (Å²) < 4.78 is 3.13. The molecule has 2 aromatic carbocycles. The van der Waals surface area contributed by atoms with E-state index in [2.05, 4.69) is 4.98 Å². The van der Waals surface area contributed by atoms with Gasteiger partial charge in [-0.05, 0) is 61.9 Å². The summed E-state index contributed by atoms with van der Waals surface area (Å²) in [5, 5.41) is 9.87. The van der Waals surface area contributed by atoms with Crippen molar-refractivity contribution in [2.24, 2.45) is 5.73 Å². The van der Waals surface area contributed by atoms with Gasteiger partial charge in [0.25, 0.3) is 5.56 Å². The first-order chi connectivity index (χ1) is 15.6. The Kier molecular flexibility index (Phi) is 5.40. The quantitative estimate of drug-likeness (QED) is 0.369. The molecule has 2 aromatic heterocycles. The number of aliphatic hydroxyl groups is 1. The number of hydrogen-bond acceptors (Lipinski definition) is 5. The first kappa shape index (κ1) is 20.7. The molecule has 1 saturated carbocycles. The third-order valence-electron chi connectivity index (χ3n) is 6.25. The number of para-hydroxylation sites is 1. The van der Waals surface area contributed by atoms with E-state index in [1.54, 1.807) is 10.6 Å². The second-order valence-corrected chi connectivity index (χ2v) is 8.49. The lowest BCUT2D eigenvalue weighted by Gasteiger charge is -2.21. The molecule has 1 atom stereocenters. The van der Waals surface area contributed by atoms with Crippen LogP contribution in [0.2, 0.25) is 0 Å². The van der Waals surface area contributed by atoms with Gasteiger partial charge in [-0.25, -0.2) is 9.78 Å². The fraction of sp³-hybridized carbons (Fsp3) is 0.375. The number of rotatable bonds is 8. The van der Waals surface area contributed by atoms with Crippen molar-refractivity contribution >= 4 is 21.9 Å². The Balaban J connectivity index is 1.74. The number of hydrogen-bond donors (Lipinski definition) is 3. The Morgan fingerprint density at radius 3 is 2.72 bits per heavy atom. The van der Waals surface area contributed by atoms with Crippen LogP contribution in [-0.2, 0) is 6.54 Å². The highest BCUT2D eigenvalue weighted by atomic mass is 16.3. The first-order valence-corrected chi connectivity index (χ1v) is 11.2. The molecule has 32 heavy (non-hydrogen) atoms. The van der Waals surface area contributed by atoms with Crippen molar-refractivity contribution < 1.29 is 5.11 Å². The number of nitrogens with one attached hydrogen (secondary N) is 1. The average Bonchev–Trinajstić information content (AvgIpc) is 3.55. The number of aromatic amines is 1. The van der Waals surface area contributed by atoms with Crippen molar-refractivity contribution in [3.8, 4) is 0 Å². The molecule has 8 heteroatoms. The van der Waals surface area contributed by atoms with Gasteiger partial charge < -0.3 is 15.8 Å². The second kappa shape index (κ2) is 8.37. The maximum atomic E-state index is 13.7. The smallest absolute Gasteiger partial charge is 0.332 e. The highest BCUT2D eigenvalue weighted by Crippen LogP contribution is 2.33. The molecule has 0 spiro atoms. The fourth-order valence-corrected chi connectivity index (χ4v) is 4.46. The van der Waals surface area contributed by atoms with Crippen LogP contribution in [0.1, 0.15) is 55.6 Å². The van der Waals surface area contributed by atoms with Gasteiger partial charge in [0, 0.05) is 19.2 Å². The molecule has 0 aliphatic heterocycles. The number of aromatic nitrogens is 4. The number of fused-ring (bicyclic) bond motifs is 2. The van der Waals surface area contributed by atoms with Gasteiger partial charge in [0.1, 0.15) is 5.82 Å². The minimum Gasteiger partial charge on any atom is -0.396 e. The van der Waals surface area contributed by atoms with Crippen LogP contribution in [0.4, 0.5) is 0 Å². The van der Waals surface area contributed by atoms with E-state index in [9.17, 15) is 14.7 Å². The summed E-state index contributed by atoms with van der Waals surface area (Å²) >= 11 is 0. The number of H-pyrrole nitrogens is 1. The van der Waals surface area contributed by atoms with Gasteiger partial charge in [0.05, 0.1) is 28.0 Å². The molecule has 8 nitrogen and oxygen atoms in total. The van der Waals surface area contributed by atoms with Crippen LogP contribution in [0, 0.1) is 0 Å². The minimum atomic E-state index is -0.390. The maximum absolute atomic E-state index is 13.7. The van der Waals surface area contributed by atoms with E-state index < -0.39 is 6.04 Å². The topological polar surface area (TPSA) is 119 Å². The van der Waals surface area contributed by atoms with Gasteiger partial charge >= 0.3 is 5.69 Å². The average molecular weight is 434 g/mol. The lowest BCUT2D eigenvalue weighted by atomic mass is 10.1. The Morgan fingerprint density at radius 1 is 1.16 bits per heavy atom. The van der Waals surface area contributed by atoms with Crippen molar-refractivity contribution in [3.63, 3.8) is 0 Å². The molecule has 5 rings (SSSR count). The van der Waals surface area contributed by atoms with E-state index in [1.807, 2.05) is 36.4 Å². The Labute approximate surface area is 184 Å². The summed E-state index contributed by atoms with van der Waals surface area (Å²) in [7, 11) is 0. The lowest BCUT2D eigenvalue weighted by Crippen LogP contribution is -2.41. The van der Waals surface area contributed by atoms with Gasteiger partial charge in [0.15, 0.2) is 0 Å². The number of benzene rings is 2. The number of imidazole rings is 1. The highest BCUT2D eigenvalue weighted by Gasteiger charge is 2.31. The lowest BCUT2D eigenvalue weighted by molar-refractivity contribution is 0.279. The van der Waals surface area contributed by atoms with Crippen LogP contribution >= 0.6 is 0 Å². The van der Waals surface area contributed by atoms with Gasteiger partial charge in [-0.2, -0.15) is 0 Å². The van der Waals surface area contributed by atoms with E-state index in [1.165, 1.54) is 4.57 Å². The van der Waals surface area contributed by atoms with Crippen LogP contribution in [0.5, 0.6) is 0 Å². The van der Waals surface area contributed by atoms with Crippen molar-refractivity contribution in [1.82, 2.24) is 19.1 Å². The predicted octanol–water partition coefficient (Wildman–Crippen LogP) is 2.59. The summed E-state index contributed by atoms with van der Waals surface area (Å²) in [5.74, 6) is 0.667. The predicted molar refractivity (Wildman–Crippen MR) is 124 cm³/mol. The molecule has 1 unspecified atom stereocenters. The number of nitrogens with zero attached hydrogens (tertiary/aromatic N) is 3. The van der Waals surface area contributed by atoms with Crippen molar-refractivity contribution in [3.05, 3.63) is 74.7 Å². The molecule has 1 aliphatic rings. The van der Waals surface area contributed by atoms with Gasteiger partial charge in [-0.15, -0.1) is 0 Å². The van der Waals surface area contributed by atoms with E-state index in [4.69, 9.17) is 10.7 Å². The van der Waals surface area contributed by atoms with Crippen LogP contribution in [0.3, 0.4) is 0 Å². The number of unbranched alkanes of at least 4 members (excludes halogenated alkanes) is 1. The molecule has 1 fully saturated rings. The summed E-state index contributed by atoms with van der Waals surface area (Å²) in [6.07, 6.45) is 3.64. The van der Waals surface area contributed by atoms with E-state index in [0.717, 1.165) is 35.9 Å². The summed E-state index contributed by atoms with van der Waals surface area (Å²) in [4.78, 5) is 35.0. The molecule has 0 saturated heterocycles. The Hall–Kier alpha value is -3.23. The Bertz CT molecular complexity index is 1400. The van der Waals surface area contributed by atoms with Crippen molar-refractivity contribution in [2.45, 2.75) is 50.7 Å². The zero-order valence-electron chi connectivity index (χ0n) is 17.8. The fourth-order valence-electron chi connectivity index (χ4n) is 4.46. The third-order valence-corrected chi connectivity index (χ3v) is 6.25. The Morgan fingerprint density at radius 2 is 1.97 bits per heavy atom. The van der Waals surface area contributed by atoms with E-state index in [0.29, 0.717) is 36.1 Å². The molecular weight excluding hydrogens is 406 g/mol. The SMILES string of the molecule is NCc1ccc2nc(C(CCCCO)n3c(=O)n(C4CC4)c(=O)c4ccccc43)[nH]c2c1. The molecule has 4 aromatic rings. The standard InChI is InChI=1S/C24H27N5O3/c25-14-15-8-11-18-19(13-15)27-22(26-18)21(7-3-4-12-30)29-20-6-2-1-5-17(20)23(31)28(24(29)32)16-9-10-16/h1-2,5-6,8,11,13,16,21,30H,3-4,7,9-10,12,14,25H2,(H,26,27). The molecule has 0 radical (unpaired) electrons. The van der Waals surface area contributed by atoms with E-state index in [-0.39, 0.29) is 23.9 Å². The summed E-state index contributed by atoms with van der Waals surface area (Å²) in [6, 6.07) is 12.7. The number of aliphatic hydroxyl groups excluding tert-OH is 1. The molecule has 166 valence electrons. The summed E-state index contributed by atoms with van der Waals surface area (Å²) in [6.45, 7) is 0.518. The molecule has 1 aliphatic carbocycles. The van der Waals surface area contributed by atoms with Gasteiger partial charge in [-0.1, -0.05) is 18.2 Å². The zero-order valence-corrected chi connectivity index (χ0v) is 17.8. The van der Waals surface area contributed by atoms with Gasteiger partial charge in [0.2, 0.25) is 0 Å². The normalized spacial score (nSPS) is 14.9. The molecular formula is C24H27N5O3. The largest absolute Gasteiger partial charge is 0.396 e. The van der Waals surface area contributed by atoms with Crippen molar-refractivity contribution in [2.75, 3.05) is 6.61 Å². The van der Waals surface area contributed by atoms with E-state index >= 15 is 0 Å². The number of nitrogens with two attached hydrogens (primary N) is 1. The highest BCUT2D eigenvalue weighted by molar-refractivity contribution is 5.79. The molecule has 2 heterocycles. The van der Waals surface area contributed by atoms with Gasteiger partial charge in [-0.3, -0.25) is 13.9 Å². The molecule has 0 amide bonds. The second-order valence-electron chi connectivity index (χ2n) is 8.49. The monoisotopic (exact) mass is 433 g/mol. The maximum Gasteiger partial charge on any atom is 0.332 e. The van der Waals surface area contributed by atoms with Crippen LogP contribution < -0.4 is 17.0 Å². The molecule has 4 N–H and O–H groups in total. The first-order valence-electron chi connectivity index (χ1n) is 11.2.